The zero-order valence-electron chi connectivity index (χ0n) is 11.0. The number of nitrogens with zero attached hydrogens (tertiary/aromatic N) is 1. The molecule has 2 unspecified atom stereocenters. The molecule has 1 heterocycles. The fraction of sp³-hybridized carbons (Fsp3) is 0.571. The van der Waals surface area contributed by atoms with Gasteiger partial charge in [-0.2, -0.15) is 0 Å². The lowest BCUT2D eigenvalue weighted by atomic mass is 10.0. The number of hydrogen-bond donors (Lipinski definition) is 1. The minimum Gasteiger partial charge on any atom is -0.374 e. The largest absolute Gasteiger partial charge is 0.374 e. The highest BCUT2D eigenvalue weighted by molar-refractivity contribution is 9.10. The summed E-state index contributed by atoms with van der Waals surface area (Å²) in [7, 11) is 4.17. The molecule has 0 radical (unpaired) electrons. The van der Waals surface area contributed by atoms with E-state index in [0.717, 1.165) is 30.6 Å². The van der Waals surface area contributed by atoms with Crippen LogP contribution in [0.1, 0.15) is 5.56 Å². The Morgan fingerprint density at radius 1 is 1.56 bits per heavy atom. The van der Waals surface area contributed by atoms with Crippen molar-refractivity contribution < 1.29 is 4.74 Å². The first-order valence-corrected chi connectivity index (χ1v) is 7.20. The summed E-state index contributed by atoms with van der Waals surface area (Å²) in [6, 6.07) is 8.85. The summed E-state index contributed by atoms with van der Waals surface area (Å²) in [5.41, 5.74) is 1.33. The zero-order valence-corrected chi connectivity index (χ0v) is 12.6. The van der Waals surface area contributed by atoms with E-state index in [1.54, 1.807) is 0 Å². The maximum absolute atomic E-state index is 5.89. The van der Waals surface area contributed by atoms with Crippen molar-refractivity contribution in [1.82, 2.24) is 10.2 Å². The molecule has 1 aliphatic rings. The maximum atomic E-state index is 5.89. The van der Waals surface area contributed by atoms with E-state index in [-0.39, 0.29) is 6.10 Å². The Morgan fingerprint density at radius 2 is 2.39 bits per heavy atom. The second kappa shape index (κ2) is 6.66. The standard InChI is InChI=1S/C14H21BrN2O/c1-16-13(14-10-17(2)6-7-18-14)9-11-4-3-5-12(15)8-11/h3-5,8,13-14,16H,6-7,9-10H2,1-2H3. The molecule has 0 bridgehead atoms. The molecule has 0 amide bonds. The number of morpholine rings is 1. The van der Waals surface area contributed by atoms with Crippen LogP contribution in [0.2, 0.25) is 0 Å². The Balaban J connectivity index is 2.00. The van der Waals surface area contributed by atoms with Crippen LogP contribution in [0.5, 0.6) is 0 Å². The SMILES string of the molecule is CNC(Cc1cccc(Br)c1)C1CN(C)CCO1. The van der Waals surface area contributed by atoms with Crippen LogP contribution in [-0.2, 0) is 11.2 Å². The van der Waals surface area contributed by atoms with Crippen molar-refractivity contribution in [3.05, 3.63) is 34.3 Å². The quantitative estimate of drug-likeness (QED) is 0.919. The van der Waals surface area contributed by atoms with Crippen molar-refractivity contribution in [3.63, 3.8) is 0 Å². The van der Waals surface area contributed by atoms with E-state index in [0.29, 0.717) is 6.04 Å². The first-order valence-electron chi connectivity index (χ1n) is 6.41. The topological polar surface area (TPSA) is 24.5 Å². The van der Waals surface area contributed by atoms with E-state index >= 15 is 0 Å². The lowest BCUT2D eigenvalue weighted by Gasteiger charge is -2.35. The number of nitrogens with one attached hydrogen (secondary N) is 1. The van der Waals surface area contributed by atoms with Crippen LogP contribution in [0, 0.1) is 0 Å². The molecule has 3 nitrogen and oxygen atoms in total. The Hall–Kier alpha value is -0.420. The summed E-state index contributed by atoms with van der Waals surface area (Å²) in [5.74, 6) is 0. The van der Waals surface area contributed by atoms with Crippen LogP contribution < -0.4 is 5.32 Å². The van der Waals surface area contributed by atoms with Crippen molar-refractivity contribution in [1.29, 1.82) is 0 Å². The second-order valence-corrected chi connectivity index (χ2v) is 5.82. The second-order valence-electron chi connectivity index (χ2n) is 4.90. The predicted octanol–water partition coefficient (Wildman–Crippen LogP) is 1.91. The molecule has 0 spiro atoms. The molecule has 1 fully saturated rings. The van der Waals surface area contributed by atoms with E-state index in [1.165, 1.54) is 5.56 Å². The van der Waals surface area contributed by atoms with Crippen LogP contribution in [0.15, 0.2) is 28.7 Å². The molecule has 100 valence electrons. The molecule has 1 aromatic carbocycles. The molecule has 1 aliphatic heterocycles. The predicted molar refractivity (Wildman–Crippen MR) is 77.9 cm³/mol. The van der Waals surface area contributed by atoms with E-state index in [9.17, 15) is 0 Å². The van der Waals surface area contributed by atoms with Gasteiger partial charge in [0.25, 0.3) is 0 Å². The van der Waals surface area contributed by atoms with Crippen LogP contribution >= 0.6 is 15.9 Å². The van der Waals surface area contributed by atoms with Gasteiger partial charge in [0.2, 0.25) is 0 Å². The maximum Gasteiger partial charge on any atom is 0.0858 e. The zero-order chi connectivity index (χ0) is 13.0. The average molecular weight is 313 g/mol. The van der Waals surface area contributed by atoms with Crippen LogP contribution in [0.4, 0.5) is 0 Å². The molecule has 0 saturated carbocycles. The monoisotopic (exact) mass is 312 g/mol. The molecular formula is C14H21BrN2O. The third-order valence-electron chi connectivity index (χ3n) is 3.46. The highest BCUT2D eigenvalue weighted by atomic mass is 79.9. The van der Waals surface area contributed by atoms with Gasteiger partial charge >= 0.3 is 0 Å². The molecule has 4 heteroatoms. The van der Waals surface area contributed by atoms with Crippen molar-refractivity contribution in [3.8, 4) is 0 Å². The number of likely N-dealkylation sites (N-methyl/N-ethyl adjacent to an activating group) is 2. The highest BCUT2D eigenvalue weighted by Crippen LogP contribution is 2.16. The fourth-order valence-corrected chi connectivity index (χ4v) is 2.84. The molecule has 1 saturated heterocycles. The molecule has 2 rings (SSSR count). The van der Waals surface area contributed by atoms with Gasteiger partial charge in [-0.25, -0.2) is 0 Å². The minimum absolute atomic E-state index is 0.271. The molecule has 0 aromatic heterocycles. The Kier molecular flexibility index (Phi) is 5.18. The van der Waals surface area contributed by atoms with Crippen molar-refractivity contribution in [2.75, 3.05) is 33.8 Å². The molecule has 1 N–H and O–H groups in total. The van der Waals surface area contributed by atoms with E-state index in [4.69, 9.17) is 4.74 Å². The lowest BCUT2D eigenvalue weighted by Crippen LogP contribution is -2.51. The first-order chi connectivity index (χ1) is 8.69. The Bertz CT molecular complexity index is 386. The number of ether oxygens (including phenoxy) is 1. The first kappa shape index (κ1) is 14.0. The van der Waals surface area contributed by atoms with Crippen LogP contribution in [0.25, 0.3) is 0 Å². The van der Waals surface area contributed by atoms with E-state index in [1.807, 2.05) is 7.05 Å². The number of hydrogen-bond acceptors (Lipinski definition) is 3. The Morgan fingerprint density at radius 3 is 3.06 bits per heavy atom. The van der Waals surface area contributed by atoms with Crippen LogP contribution in [-0.4, -0.2) is 50.8 Å². The van der Waals surface area contributed by atoms with Gasteiger partial charge in [0.1, 0.15) is 0 Å². The number of rotatable bonds is 4. The lowest BCUT2D eigenvalue weighted by molar-refractivity contribution is -0.0372. The molecule has 1 aromatic rings. The third-order valence-corrected chi connectivity index (χ3v) is 3.95. The van der Waals surface area contributed by atoms with Gasteiger partial charge in [0.05, 0.1) is 12.7 Å². The summed E-state index contributed by atoms with van der Waals surface area (Å²) < 4.78 is 7.02. The molecule has 18 heavy (non-hydrogen) atoms. The van der Waals surface area contributed by atoms with Crippen molar-refractivity contribution >= 4 is 15.9 Å². The summed E-state index contributed by atoms with van der Waals surface area (Å²) in [4.78, 5) is 2.33. The molecule has 0 aliphatic carbocycles. The minimum atomic E-state index is 0.271. The third kappa shape index (κ3) is 3.79. The molecular weight excluding hydrogens is 292 g/mol. The van der Waals surface area contributed by atoms with Gasteiger partial charge in [-0.15, -0.1) is 0 Å². The number of benzene rings is 1. The van der Waals surface area contributed by atoms with Gasteiger partial charge in [-0.3, -0.25) is 0 Å². The van der Waals surface area contributed by atoms with Crippen LogP contribution in [0.3, 0.4) is 0 Å². The van der Waals surface area contributed by atoms with Crippen molar-refractivity contribution in [2.45, 2.75) is 18.6 Å². The summed E-state index contributed by atoms with van der Waals surface area (Å²) in [5, 5.41) is 3.39. The highest BCUT2D eigenvalue weighted by Gasteiger charge is 2.25. The number of halogens is 1. The van der Waals surface area contributed by atoms with Crippen molar-refractivity contribution in [2.24, 2.45) is 0 Å². The summed E-state index contributed by atoms with van der Waals surface area (Å²) in [6.07, 6.45) is 1.27. The summed E-state index contributed by atoms with van der Waals surface area (Å²) >= 11 is 3.52. The van der Waals surface area contributed by atoms with Gasteiger partial charge in [0.15, 0.2) is 0 Å². The van der Waals surface area contributed by atoms with E-state index < -0.39 is 0 Å². The smallest absolute Gasteiger partial charge is 0.0858 e. The van der Waals surface area contributed by atoms with Gasteiger partial charge in [-0.05, 0) is 38.2 Å². The fourth-order valence-electron chi connectivity index (χ4n) is 2.39. The average Bonchev–Trinajstić information content (AvgIpc) is 2.36. The molecule has 2 atom stereocenters. The normalized spacial score (nSPS) is 22.9. The summed E-state index contributed by atoms with van der Waals surface area (Å²) in [6.45, 7) is 2.86. The van der Waals surface area contributed by atoms with Gasteiger partial charge in [-0.1, -0.05) is 28.1 Å². The van der Waals surface area contributed by atoms with Gasteiger partial charge < -0.3 is 15.0 Å². The van der Waals surface area contributed by atoms with Gasteiger partial charge in [0, 0.05) is 23.6 Å². The Labute approximate surface area is 118 Å². The van der Waals surface area contributed by atoms with E-state index in [2.05, 4.69) is 57.5 Å².